The Bertz CT molecular complexity index is 743. The van der Waals surface area contributed by atoms with Crippen LogP contribution in [0.4, 0.5) is 13.2 Å². The van der Waals surface area contributed by atoms with Crippen LogP contribution in [0, 0.1) is 0 Å². The van der Waals surface area contributed by atoms with Crippen molar-refractivity contribution in [2.75, 3.05) is 44.2 Å². The van der Waals surface area contributed by atoms with E-state index in [9.17, 15) is 21.6 Å². The summed E-state index contributed by atoms with van der Waals surface area (Å²) in [5.74, 6) is 0.868. The zero-order chi connectivity index (χ0) is 19.9. The highest BCUT2D eigenvalue weighted by molar-refractivity contribution is 14.0. The molecule has 160 valence electrons. The number of rotatable bonds is 6. The van der Waals surface area contributed by atoms with E-state index in [4.69, 9.17) is 0 Å². The Morgan fingerprint density at radius 1 is 1.21 bits per heavy atom. The Kier molecular flexibility index (Phi) is 9.98. The van der Waals surface area contributed by atoms with E-state index in [-0.39, 0.29) is 42.0 Å². The van der Waals surface area contributed by atoms with Gasteiger partial charge in [-0.25, -0.2) is 13.4 Å². The fraction of sp³-hybridized carbons (Fsp3) is 0.588. The molecule has 1 aliphatic rings. The van der Waals surface area contributed by atoms with Gasteiger partial charge in [0.25, 0.3) is 0 Å². The molecular weight excluding hydrogens is 508 g/mol. The van der Waals surface area contributed by atoms with Gasteiger partial charge in [-0.1, -0.05) is 12.1 Å². The number of hydrogen-bond donors (Lipinski definition) is 2. The minimum Gasteiger partial charge on any atom is -0.357 e. The Hall–Kier alpha value is -1.08. The molecule has 0 atom stereocenters. The number of aliphatic imine (C=N–C) groups is 1. The van der Waals surface area contributed by atoms with E-state index in [2.05, 4.69) is 20.5 Å². The smallest absolute Gasteiger partial charge is 0.357 e. The van der Waals surface area contributed by atoms with Gasteiger partial charge in [-0.05, 0) is 24.6 Å². The number of alkyl halides is 3. The molecule has 1 heterocycles. The van der Waals surface area contributed by atoms with Crippen molar-refractivity contribution in [2.24, 2.45) is 4.99 Å². The van der Waals surface area contributed by atoms with Crippen molar-refractivity contribution in [1.82, 2.24) is 15.5 Å². The first-order valence-corrected chi connectivity index (χ1v) is 10.6. The van der Waals surface area contributed by atoms with E-state index in [1.165, 1.54) is 6.07 Å². The van der Waals surface area contributed by atoms with Crippen LogP contribution in [0.15, 0.2) is 29.3 Å². The predicted molar refractivity (Wildman–Crippen MR) is 115 cm³/mol. The molecule has 1 fully saturated rings. The van der Waals surface area contributed by atoms with Crippen LogP contribution in [0.5, 0.6) is 0 Å². The molecule has 28 heavy (non-hydrogen) atoms. The Labute approximate surface area is 180 Å². The molecule has 1 aromatic carbocycles. The quantitative estimate of drug-likeness (QED) is 0.333. The van der Waals surface area contributed by atoms with Gasteiger partial charge in [0.15, 0.2) is 15.8 Å². The van der Waals surface area contributed by atoms with E-state index in [0.29, 0.717) is 44.2 Å². The number of benzene rings is 1. The summed E-state index contributed by atoms with van der Waals surface area (Å²) in [5, 5.41) is 6.18. The average Bonchev–Trinajstić information content (AvgIpc) is 2.60. The van der Waals surface area contributed by atoms with Gasteiger partial charge in [-0.15, -0.1) is 24.0 Å². The van der Waals surface area contributed by atoms with Gasteiger partial charge >= 0.3 is 6.18 Å². The molecule has 0 aliphatic carbocycles. The molecule has 2 N–H and O–H groups in total. The first kappa shape index (κ1) is 25.0. The van der Waals surface area contributed by atoms with Gasteiger partial charge in [0.2, 0.25) is 0 Å². The lowest BCUT2D eigenvalue weighted by Crippen LogP contribution is -2.45. The molecular formula is C17H26F3IN4O2S. The maximum atomic E-state index is 12.8. The van der Waals surface area contributed by atoms with Crippen molar-refractivity contribution < 1.29 is 21.6 Å². The van der Waals surface area contributed by atoms with Gasteiger partial charge in [-0.2, -0.15) is 13.2 Å². The molecule has 1 aliphatic heterocycles. The van der Waals surface area contributed by atoms with E-state index in [1.807, 2.05) is 6.92 Å². The van der Waals surface area contributed by atoms with Crippen LogP contribution in [0.2, 0.25) is 0 Å². The third-order valence-corrected chi connectivity index (χ3v) is 5.78. The van der Waals surface area contributed by atoms with Crippen LogP contribution < -0.4 is 10.6 Å². The Morgan fingerprint density at radius 2 is 1.89 bits per heavy atom. The summed E-state index contributed by atoms with van der Waals surface area (Å²) in [6, 6.07) is 5.12. The van der Waals surface area contributed by atoms with Crippen molar-refractivity contribution >= 4 is 39.8 Å². The lowest BCUT2D eigenvalue weighted by atomic mass is 10.1. The van der Waals surface area contributed by atoms with Crippen LogP contribution in [0.25, 0.3) is 0 Å². The number of nitrogens with one attached hydrogen (secondary N) is 2. The number of guanidine groups is 1. The van der Waals surface area contributed by atoms with E-state index in [1.54, 1.807) is 6.07 Å². The van der Waals surface area contributed by atoms with Crippen LogP contribution in [0.3, 0.4) is 0 Å². The van der Waals surface area contributed by atoms with E-state index >= 15 is 0 Å². The molecule has 0 spiro atoms. The first-order chi connectivity index (χ1) is 12.7. The average molecular weight is 534 g/mol. The van der Waals surface area contributed by atoms with Crippen LogP contribution in [-0.4, -0.2) is 63.5 Å². The maximum Gasteiger partial charge on any atom is 0.416 e. The van der Waals surface area contributed by atoms with Crippen LogP contribution in [0.1, 0.15) is 18.1 Å². The minimum atomic E-state index is -4.37. The van der Waals surface area contributed by atoms with Gasteiger partial charge in [-0.3, -0.25) is 4.90 Å². The highest BCUT2D eigenvalue weighted by Gasteiger charge is 2.30. The number of hydrogen-bond acceptors (Lipinski definition) is 4. The topological polar surface area (TPSA) is 73.8 Å². The molecule has 2 rings (SSSR count). The van der Waals surface area contributed by atoms with E-state index in [0.717, 1.165) is 12.1 Å². The van der Waals surface area contributed by atoms with Gasteiger partial charge in [0.05, 0.1) is 23.6 Å². The Morgan fingerprint density at radius 3 is 2.50 bits per heavy atom. The van der Waals surface area contributed by atoms with Crippen molar-refractivity contribution in [2.45, 2.75) is 19.6 Å². The third-order valence-electron chi connectivity index (χ3n) is 4.18. The second-order valence-corrected chi connectivity index (χ2v) is 8.62. The highest BCUT2D eigenvalue weighted by atomic mass is 127. The molecule has 1 aromatic rings. The normalized spacial score (nSPS) is 17.6. The first-order valence-electron chi connectivity index (χ1n) is 8.81. The summed E-state index contributed by atoms with van der Waals surface area (Å²) in [4.78, 5) is 6.39. The molecule has 0 amide bonds. The molecule has 6 nitrogen and oxygen atoms in total. The fourth-order valence-corrected chi connectivity index (χ4v) is 3.94. The maximum absolute atomic E-state index is 12.8. The summed E-state index contributed by atoms with van der Waals surface area (Å²) >= 11 is 0. The monoisotopic (exact) mass is 534 g/mol. The summed E-state index contributed by atoms with van der Waals surface area (Å²) < 4.78 is 61.2. The lowest BCUT2D eigenvalue weighted by molar-refractivity contribution is -0.137. The summed E-state index contributed by atoms with van der Waals surface area (Å²) in [7, 11) is -2.90. The SMILES string of the molecule is CCNC(=NCc1cccc(C(F)(F)F)c1)NCCN1CCS(=O)(=O)CC1.I. The zero-order valence-electron chi connectivity index (χ0n) is 15.6. The minimum absolute atomic E-state index is 0. The molecule has 0 bridgehead atoms. The second kappa shape index (κ2) is 11.2. The van der Waals surface area contributed by atoms with Crippen molar-refractivity contribution in [1.29, 1.82) is 0 Å². The van der Waals surface area contributed by atoms with Crippen molar-refractivity contribution in [3.8, 4) is 0 Å². The number of halogens is 4. The van der Waals surface area contributed by atoms with Crippen molar-refractivity contribution in [3.63, 3.8) is 0 Å². The zero-order valence-corrected chi connectivity index (χ0v) is 18.8. The summed E-state index contributed by atoms with van der Waals surface area (Å²) in [6.45, 7) is 4.91. The summed E-state index contributed by atoms with van der Waals surface area (Å²) in [6.07, 6.45) is -4.37. The highest BCUT2D eigenvalue weighted by Crippen LogP contribution is 2.29. The molecule has 11 heteroatoms. The third kappa shape index (κ3) is 8.52. The van der Waals surface area contributed by atoms with Crippen molar-refractivity contribution in [3.05, 3.63) is 35.4 Å². The molecule has 1 saturated heterocycles. The predicted octanol–water partition coefficient (Wildman–Crippen LogP) is 2.11. The fourth-order valence-electron chi connectivity index (χ4n) is 2.66. The molecule has 0 radical (unpaired) electrons. The second-order valence-electron chi connectivity index (χ2n) is 6.31. The summed E-state index contributed by atoms with van der Waals surface area (Å²) in [5.41, 5.74) is -0.212. The largest absolute Gasteiger partial charge is 0.416 e. The number of sulfone groups is 1. The van der Waals surface area contributed by atoms with Gasteiger partial charge in [0.1, 0.15) is 0 Å². The number of nitrogens with zero attached hydrogens (tertiary/aromatic N) is 2. The lowest BCUT2D eigenvalue weighted by Gasteiger charge is -2.26. The van der Waals surface area contributed by atoms with Gasteiger partial charge in [0, 0.05) is 32.7 Å². The standard InChI is InChI=1S/C17H25F3N4O2S.HI/c1-2-21-16(22-6-7-24-8-10-27(25,26)11-9-24)23-13-14-4-3-5-15(12-14)17(18,19)20;/h3-5,12H,2,6-11,13H2,1H3,(H2,21,22,23);1H. The molecule has 0 saturated carbocycles. The van der Waals surface area contributed by atoms with Crippen LogP contribution in [-0.2, 0) is 22.6 Å². The van der Waals surface area contributed by atoms with Gasteiger partial charge < -0.3 is 10.6 Å². The molecule has 0 aromatic heterocycles. The Balaban J connectivity index is 0.00000392. The molecule has 0 unspecified atom stereocenters. The van der Waals surface area contributed by atoms with E-state index < -0.39 is 21.6 Å². The van der Waals surface area contributed by atoms with Crippen LogP contribution >= 0.6 is 24.0 Å².